The fourth-order valence-electron chi connectivity index (χ4n) is 2.94. The first-order valence-corrected chi connectivity index (χ1v) is 10.4. The molecule has 1 unspecified atom stereocenters. The Labute approximate surface area is 146 Å². The van der Waals surface area contributed by atoms with Gasteiger partial charge in [-0.1, -0.05) is 36.7 Å². The maximum atomic E-state index is 12.9. The van der Waals surface area contributed by atoms with Crippen LogP contribution in [0.2, 0.25) is 5.02 Å². The smallest absolute Gasteiger partial charge is 0.248 e. The zero-order valence-electron chi connectivity index (χ0n) is 12.9. The summed E-state index contributed by atoms with van der Waals surface area (Å²) >= 11 is 7.50. The summed E-state index contributed by atoms with van der Waals surface area (Å²) in [5, 5.41) is 1.55. The maximum absolute atomic E-state index is 12.9. The zero-order valence-corrected chi connectivity index (χ0v) is 15.3. The van der Waals surface area contributed by atoms with Crippen molar-refractivity contribution in [2.45, 2.75) is 42.9 Å². The summed E-state index contributed by atoms with van der Waals surface area (Å²) in [6, 6.07) is 7.60. The van der Waals surface area contributed by atoms with Crippen LogP contribution in [0.3, 0.4) is 0 Å². The number of halogens is 1. The molecule has 3 rings (SSSR count). The van der Waals surface area contributed by atoms with Crippen LogP contribution < -0.4 is 0 Å². The highest BCUT2D eigenvalue weighted by Gasteiger charge is 2.36. The van der Waals surface area contributed by atoms with Crippen molar-refractivity contribution in [3.8, 4) is 0 Å². The lowest BCUT2D eigenvalue weighted by atomic mass is 10.0. The number of thiazole rings is 1. The number of sulfonamides is 1. The summed E-state index contributed by atoms with van der Waals surface area (Å²) in [6.07, 6.45) is 4.64. The molecule has 7 heteroatoms. The predicted molar refractivity (Wildman–Crippen MR) is 93.6 cm³/mol. The molecule has 0 aliphatic carbocycles. The normalized spacial score (nSPS) is 19.3. The first kappa shape index (κ1) is 16.9. The van der Waals surface area contributed by atoms with E-state index in [4.69, 9.17) is 11.6 Å². The number of benzene rings is 1. The Morgan fingerprint density at radius 3 is 2.87 bits per heavy atom. The first-order chi connectivity index (χ1) is 11.0. The number of aromatic nitrogens is 1. The van der Waals surface area contributed by atoms with Crippen molar-refractivity contribution in [1.29, 1.82) is 0 Å². The number of nitrogens with zero attached hydrogens (tertiary/aromatic N) is 2. The van der Waals surface area contributed by atoms with E-state index in [0.29, 0.717) is 22.2 Å². The van der Waals surface area contributed by atoms with Gasteiger partial charge in [0.25, 0.3) is 10.0 Å². The lowest BCUT2D eigenvalue weighted by Crippen LogP contribution is -2.36. The van der Waals surface area contributed by atoms with Gasteiger partial charge >= 0.3 is 0 Å². The van der Waals surface area contributed by atoms with Crippen LogP contribution in [0.25, 0.3) is 0 Å². The molecule has 2 aromatic rings. The van der Waals surface area contributed by atoms with Gasteiger partial charge in [0.2, 0.25) is 0 Å². The molecule has 0 bridgehead atoms. The topological polar surface area (TPSA) is 50.3 Å². The largest absolute Gasteiger partial charge is 0.254 e. The number of aryl methyl sites for hydroxylation is 1. The molecule has 1 aliphatic rings. The second kappa shape index (κ2) is 6.89. The molecule has 1 aliphatic heterocycles. The Hall–Kier alpha value is -0.950. The maximum Gasteiger partial charge on any atom is 0.254 e. The number of rotatable bonds is 5. The fourth-order valence-corrected chi connectivity index (χ4v) is 6.10. The lowest BCUT2D eigenvalue weighted by molar-refractivity contribution is 0.386. The molecule has 0 saturated carbocycles. The van der Waals surface area contributed by atoms with Crippen molar-refractivity contribution in [3.05, 3.63) is 46.1 Å². The molecule has 124 valence electrons. The molecular formula is C16H19ClN2O2S2. The minimum atomic E-state index is -3.46. The van der Waals surface area contributed by atoms with Crippen molar-refractivity contribution in [1.82, 2.24) is 9.29 Å². The highest BCUT2D eigenvalue weighted by Crippen LogP contribution is 2.31. The van der Waals surface area contributed by atoms with Gasteiger partial charge in [0.15, 0.2) is 4.21 Å². The summed E-state index contributed by atoms with van der Waals surface area (Å²) in [6.45, 7) is 2.54. The van der Waals surface area contributed by atoms with Crippen LogP contribution in [0.4, 0.5) is 0 Å². The van der Waals surface area contributed by atoms with E-state index in [1.807, 2.05) is 31.2 Å². The molecule has 2 heterocycles. The van der Waals surface area contributed by atoms with E-state index in [1.165, 1.54) is 17.5 Å². The van der Waals surface area contributed by atoms with Crippen molar-refractivity contribution < 1.29 is 8.42 Å². The van der Waals surface area contributed by atoms with Crippen LogP contribution in [0.5, 0.6) is 0 Å². The van der Waals surface area contributed by atoms with Gasteiger partial charge in [-0.25, -0.2) is 13.4 Å². The summed E-state index contributed by atoms with van der Waals surface area (Å²) in [5.41, 5.74) is 1.000. The van der Waals surface area contributed by atoms with Crippen LogP contribution in [0.1, 0.15) is 30.3 Å². The standard InChI is InChI=1S/C16H19ClN2O2S2/c1-2-15-18-11-16(22-15)23(20,21)19-9-5-7-13(19)10-12-6-3-4-8-14(12)17/h3-4,6,8,11,13H,2,5,7,9-10H2,1H3. The van der Waals surface area contributed by atoms with Gasteiger partial charge in [-0.15, -0.1) is 11.3 Å². The van der Waals surface area contributed by atoms with Crippen LogP contribution in [0.15, 0.2) is 34.7 Å². The van der Waals surface area contributed by atoms with Crippen molar-refractivity contribution in [3.63, 3.8) is 0 Å². The van der Waals surface area contributed by atoms with E-state index in [-0.39, 0.29) is 6.04 Å². The SMILES string of the molecule is CCc1ncc(S(=O)(=O)N2CCCC2Cc2ccccc2Cl)s1. The van der Waals surface area contributed by atoms with Gasteiger partial charge in [-0.2, -0.15) is 4.31 Å². The average Bonchev–Trinajstić information content (AvgIpc) is 3.19. The summed E-state index contributed by atoms with van der Waals surface area (Å²) in [5.74, 6) is 0. The van der Waals surface area contributed by atoms with E-state index in [9.17, 15) is 8.42 Å². The van der Waals surface area contributed by atoms with Gasteiger partial charge in [-0.3, -0.25) is 0 Å². The summed E-state index contributed by atoms with van der Waals surface area (Å²) in [7, 11) is -3.46. The average molecular weight is 371 g/mol. The molecule has 23 heavy (non-hydrogen) atoms. The Balaban J connectivity index is 1.84. The van der Waals surface area contributed by atoms with E-state index in [2.05, 4.69) is 4.98 Å². The monoisotopic (exact) mass is 370 g/mol. The molecule has 0 spiro atoms. The van der Waals surface area contributed by atoms with Crippen LogP contribution >= 0.6 is 22.9 Å². The van der Waals surface area contributed by atoms with Crippen molar-refractivity contribution in [2.75, 3.05) is 6.54 Å². The van der Waals surface area contributed by atoms with Crippen LogP contribution in [0, 0.1) is 0 Å². The van der Waals surface area contributed by atoms with E-state index in [0.717, 1.165) is 29.8 Å². The highest BCUT2D eigenvalue weighted by molar-refractivity contribution is 7.91. The third-order valence-corrected chi connectivity index (χ3v) is 8.03. The van der Waals surface area contributed by atoms with Gasteiger partial charge in [0.05, 0.1) is 11.2 Å². The molecular weight excluding hydrogens is 352 g/mol. The van der Waals surface area contributed by atoms with E-state index in [1.54, 1.807) is 4.31 Å². The van der Waals surface area contributed by atoms with Crippen LogP contribution in [-0.4, -0.2) is 30.3 Å². The Bertz CT molecular complexity index is 789. The third-order valence-electron chi connectivity index (χ3n) is 4.13. The summed E-state index contributed by atoms with van der Waals surface area (Å²) < 4.78 is 27.8. The molecule has 1 aromatic carbocycles. The Kier molecular flexibility index (Phi) is 5.06. The minimum Gasteiger partial charge on any atom is -0.248 e. The predicted octanol–water partition coefficient (Wildman–Crippen LogP) is 3.75. The van der Waals surface area contributed by atoms with Gasteiger partial charge in [0, 0.05) is 17.6 Å². The van der Waals surface area contributed by atoms with Gasteiger partial charge < -0.3 is 0 Å². The van der Waals surface area contributed by atoms with Crippen molar-refractivity contribution in [2.24, 2.45) is 0 Å². The molecule has 0 amide bonds. The quantitative estimate of drug-likeness (QED) is 0.805. The van der Waals surface area contributed by atoms with E-state index < -0.39 is 10.0 Å². The molecule has 4 nitrogen and oxygen atoms in total. The Morgan fingerprint density at radius 2 is 2.17 bits per heavy atom. The Morgan fingerprint density at radius 1 is 1.39 bits per heavy atom. The lowest BCUT2D eigenvalue weighted by Gasteiger charge is -2.23. The second-order valence-corrected chi connectivity index (χ2v) is 9.27. The fraction of sp³-hybridized carbons (Fsp3) is 0.438. The van der Waals surface area contributed by atoms with Gasteiger partial charge in [-0.05, 0) is 37.3 Å². The molecule has 0 radical (unpaired) electrons. The molecule has 1 atom stereocenters. The molecule has 1 aromatic heterocycles. The molecule has 1 saturated heterocycles. The third kappa shape index (κ3) is 3.45. The van der Waals surface area contributed by atoms with Crippen LogP contribution in [-0.2, 0) is 22.9 Å². The van der Waals surface area contributed by atoms with Gasteiger partial charge in [0.1, 0.15) is 0 Å². The van der Waals surface area contributed by atoms with Crippen molar-refractivity contribution >= 4 is 33.0 Å². The molecule has 0 N–H and O–H groups in total. The molecule has 1 fully saturated rings. The van der Waals surface area contributed by atoms with E-state index >= 15 is 0 Å². The number of hydrogen-bond acceptors (Lipinski definition) is 4. The summed E-state index contributed by atoms with van der Waals surface area (Å²) in [4.78, 5) is 4.19. The highest BCUT2D eigenvalue weighted by atomic mass is 35.5. The first-order valence-electron chi connectivity index (χ1n) is 7.72. The zero-order chi connectivity index (χ0) is 16.4. The number of hydrogen-bond donors (Lipinski definition) is 0. The second-order valence-electron chi connectivity index (χ2n) is 5.63. The minimum absolute atomic E-state index is 0.0351.